The van der Waals surface area contributed by atoms with Gasteiger partial charge < -0.3 is 5.11 Å². The van der Waals surface area contributed by atoms with Gasteiger partial charge in [0.15, 0.2) is 0 Å². The number of nitrogens with zero attached hydrogens (tertiary/aromatic N) is 1. The van der Waals surface area contributed by atoms with E-state index in [-0.39, 0.29) is 22.7 Å². The molecule has 1 N–H and O–H groups in total. The van der Waals surface area contributed by atoms with Crippen LogP contribution in [0.2, 0.25) is 0 Å². The van der Waals surface area contributed by atoms with Crippen LogP contribution in [0.15, 0.2) is 6.07 Å². The van der Waals surface area contributed by atoms with E-state index in [0.29, 0.717) is 5.69 Å². The summed E-state index contributed by atoms with van der Waals surface area (Å²) in [5.41, 5.74) is 0.677. The van der Waals surface area contributed by atoms with Gasteiger partial charge in [-0.2, -0.15) is 0 Å². The first kappa shape index (κ1) is 11.3. The molecule has 0 unspecified atom stereocenters. The van der Waals surface area contributed by atoms with Crippen molar-refractivity contribution in [3.63, 3.8) is 0 Å². The van der Waals surface area contributed by atoms with Crippen LogP contribution in [0.5, 0.6) is 0 Å². The molecule has 0 radical (unpaired) electrons. The monoisotopic (exact) mass is 221 g/mol. The highest BCUT2D eigenvalue weighted by Gasteiger charge is 2.18. The maximum atomic E-state index is 12.6. The first-order chi connectivity index (χ1) is 6.60. The topological polar surface area (TPSA) is 33.1 Å². The van der Waals surface area contributed by atoms with E-state index in [0.717, 1.165) is 0 Å². The molecule has 14 heavy (non-hydrogen) atoms. The average molecular weight is 222 g/mol. The molecule has 0 atom stereocenters. The standard InChI is InChI=1S/C9H10ClF2NO/c1-5-2-6(4-14)8(9(11)12)7(3-10)13-5/h2,9,14H,3-4H2,1H3. The maximum absolute atomic E-state index is 12.6. The molecular weight excluding hydrogens is 212 g/mol. The number of alkyl halides is 3. The molecule has 0 amide bonds. The number of aryl methyl sites for hydroxylation is 1. The van der Waals surface area contributed by atoms with E-state index in [2.05, 4.69) is 4.98 Å². The van der Waals surface area contributed by atoms with E-state index in [9.17, 15) is 8.78 Å². The summed E-state index contributed by atoms with van der Waals surface area (Å²) in [7, 11) is 0. The molecule has 0 aromatic carbocycles. The third-order valence-corrected chi connectivity index (χ3v) is 2.12. The first-order valence-electron chi connectivity index (χ1n) is 4.04. The maximum Gasteiger partial charge on any atom is 0.265 e. The van der Waals surface area contributed by atoms with Crippen molar-refractivity contribution in [1.29, 1.82) is 0 Å². The van der Waals surface area contributed by atoms with E-state index in [1.54, 1.807) is 6.92 Å². The van der Waals surface area contributed by atoms with Crippen molar-refractivity contribution in [2.75, 3.05) is 0 Å². The van der Waals surface area contributed by atoms with E-state index in [1.165, 1.54) is 6.07 Å². The molecule has 0 bridgehead atoms. The third kappa shape index (κ3) is 2.19. The molecule has 0 aliphatic heterocycles. The lowest BCUT2D eigenvalue weighted by molar-refractivity contribution is 0.145. The van der Waals surface area contributed by atoms with Crippen molar-refractivity contribution in [1.82, 2.24) is 4.98 Å². The minimum absolute atomic E-state index is 0.0750. The molecule has 0 aliphatic carbocycles. The van der Waals surface area contributed by atoms with Crippen molar-refractivity contribution in [2.24, 2.45) is 0 Å². The highest BCUT2D eigenvalue weighted by Crippen LogP contribution is 2.27. The van der Waals surface area contributed by atoms with Crippen LogP contribution in [0, 0.1) is 6.92 Å². The van der Waals surface area contributed by atoms with Crippen molar-refractivity contribution in [3.05, 3.63) is 28.6 Å². The molecule has 1 rings (SSSR count). The van der Waals surface area contributed by atoms with Crippen molar-refractivity contribution in [2.45, 2.75) is 25.8 Å². The van der Waals surface area contributed by atoms with Crippen molar-refractivity contribution >= 4 is 11.6 Å². The zero-order chi connectivity index (χ0) is 10.7. The van der Waals surface area contributed by atoms with Gasteiger partial charge in [0.2, 0.25) is 0 Å². The van der Waals surface area contributed by atoms with Crippen LogP contribution in [0.25, 0.3) is 0 Å². The zero-order valence-electron chi connectivity index (χ0n) is 7.60. The van der Waals surface area contributed by atoms with Crippen LogP contribution in [0.4, 0.5) is 8.78 Å². The smallest absolute Gasteiger partial charge is 0.265 e. The summed E-state index contributed by atoms with van der Waals surface area (Å²) < 4.78 is 25.2. The summed E-state index contributed by atoms with van der Waals surface area (Å²) >= 11 is 5.50. The van der Waals surface area contributed by atoms with Crippen LogP contribution in [0.1, 0.15) is 28.9 Å². The van der Waals surface area contributed by atoms with Crippen LogP contribution in [-0.2, 0) is 12.5 Å². The van der Waals surface area contributed by atoms with Gasteiger partial charge in [-0.05, 0) is 18.6 Å². The van der Waals surface area contributed by atoms with E-state index < -0.39 is 13.0 Å². The summed E-state index contributed by atoms with van der Waals surface area (Å²) in [5, 5.41) is 8.91. The fourth-order valence-corrected chi connectivity index (χ4v) is 1.52. The second-order valence-electron chi connectivity index (χ2n) is 2.88. The summed E-state index contributed by atoms with van der Waals surface area (Å²) in [5.74, 6) is -0.0750. The molecule has 0 fully saturated rings. The molecule has 0 aliphatic rings. The number of hydrogen-bond acceptors (Lipinski definition) is 2. The summed E-state index contributed by atoms with van der Waals surface area (Å²) in [6, 6.07) is 1.44. The number of halogens is 3. The van der Waals surface area contributed by atoms with Crippen molar-refractivity contribution < 1.29 is 13.9 Å². The second kappa shape index (κ2) is 4.66. The Morgan fingerprint density at radius 2 is 2.21 bits per heavy atom. The van der Waals surface area contributed by atoms with Gasteiger partial charge in [0.25, 0.3) is 6.43 Å². The number of rotatable bonds is 3. The Morgan fingerprint density at radius 3 is 2.64 bits per heavy atom. The molecular formula is C9H10ClF2NO. The normalized spacial score (nSPS) is 11.0. The fourth-order valence-electron chi connectivity index (χ4n) is 1.32. The number of aliphatic hydroxyl groups is 1. The minimum Gasteiger partial charge on any atom is -0.392 e. The molecule has 1 heterocycles. The zero-order valence-corrected chi connectivity index (χ0v) is 8.35. The quantitative estimate of drug-likeness (QED) is 0.796. The highest BCUT2D eigenvalue weighted by atomic mass is 35.5. The Morgan fingerprint density at radius 1 is 1.57 bits per heavy atom. The van der Waals surface area contributed by atoms with Gasteiger partial charge in [-0.3, -0.25) is 4.98 Å². The lowest BCUT2D eigenvalue weighted by Gasteiger charge is -2.11. The molecule has 0 saturated carbocycles. The Kier molecular flexibility index (Phi) is 3.77. The van der Waals surface area contributed by atoms with Gasteiger partial charge in [-0.25, -0.2) is 8.78 Å². The number of aliphatic hydroxyl groups excluding tert-OH is 1. The molecule has 0 spiro atoms. The van der Waals surface area contributed by atoms with Gasteiger partial charge in [-0.15, -0.1) is 11.6 Å². The average Bonchev–Trinajstić information content (AvgIpc) is 2.15. The molecule has 1 aromatic heterocycles. The Hall–Kier alpha value is -0.740. The second-order valence-corrected chi connectivity index (χ2v) is 3.14. The third-order valence-electron chi connectivity index (χ3n) is 1.87. The fraction of sp³-hybridized carbons (Fsp3) is 0.444. The van der Waals surface area contributed by atoms with Gasteiger partial charge in [0.1, 0.15) is 0 Å². The first-order valence-corrected chi connectivity index (χ1v) is 4.57. The van der Waals surface area contributed by atoms with Crippen LogP contribution in [-0.4, -0.2) is 10.1 Å². The highest BCUT2D eigenvalue weighted by molar-refractivity contribution is 6.17. The van der Waals surface area contributed by atoms with Crippen LogP contribution in [0.3, 0.4) is 0 Å². The van der Waals surface area contributed by atoms with Crippen LogP contribution < -0.4 is 0 Å². The van der Waals surface area contributed by atoms with Crippen LogP contribution >= 0.6 is 11.6 Å². The van der Waals surface area contributed by atoms with Gasteiger partial charge in [0.05, 0.1) is 18.2 Å². The van der Waals surface area contributed by atoms with E-state index in [1.807, 2.05) is 0 Å². The number of aromatic nitrogens is 1. The van der Waals surface area contributed by atoms with Crippen molar-refractivity contribution in [3.8, 4) is 0 Å². The summed E-state index contributed by atoms with van der Waals surface area (Å²) in [4.78, 5) is 3.90. The summed E-state index contributed by atoms with van der Waals surface area (Å²) in [6.45, 7) is 1.25. The Balaban J connectivity index is 3.33. The molecule has 1 aromatic rings. The Bertz CT molecular complexity index is 306. The lowest BCUT2D eigenvalue weighted by atomic mass is 10.1. The number of pyridine rings is 1. The van der Waals surface area contributed by atoms with Gasteiger partial charge in [0, 0.05) is 11.3 Å². The molecule has 5 heteroatoms. The Labute approximate surface area is 85.5 Å². The molecule has 2 nitrogen and oxygen atoms in total. The minimum atomic E-state index is -2.65. The molecule has 0 saturated heterocycles. The van der Waals surface area contributed by atoms with Gasteiger partial charge in [-0.1, -0.05) is 0 Å². The largest absolute Gasteiger partial charge is 0.392 e. The van der Waals surface area contributed by atoms with E-state index >= 15 is 0 Å². The lowest BCUT2D eigenvalue weighted by Crippen LogP contribution is -2.04. The van der Waals surface area contributed by atoms with E-state index in [4.69, 9.17) is 16.7 Å². The number of hydrogen-bond donors (Lipinski definition) is 1. The summed E-state index contributed by atoms with van der Waals surface area (Å²) in [6.07, 6.45) is -2.65. The van der Waals surface area contributed by atoms with Gasteiger partial charge >= 0.3 is 0 Å². The SMILES string of the molecule is Cc1cc(CO)c(C(F)F)c(CCl)n1. The predicted octanol–water partition coefficient (Wildman–Crippen LogP) is 2.56. The molecule has 78 valence electrons. The predicted molar refractivity (Wildman–Crippen MR) is 49.4 cm³/mol.